The lowest BCUT2D eigenvalue weighted by atomic mass is 9.97. The number of rotatable bonds is 7. The summed E-state index contributed by atoms with van der Waals surface area (Å²) in [5.41, 5.74) is 2.70. The van der Waals surface area contributed by atoms with Gasteiger partial charge in [0.05, 0.1) is 19.0 Å². The van der Waals surface area contributed by atoms with Crippen molar-refractivity contribution in [2.24, 2.45) is 0 Å². The summed E-state index contributed by atoms with van der Waals surface area (Å²) in [6.45, 7) is 2.08. The Hall–Kier alpha value is -1.92. The van der Waals surface area contributed by atoms with Crippen molar-refractivity contribution in [3.63, 3.8) is 0 Å². The lowest BCUT2D eigenvalue weighted by molar-refractivity contribution is 0.124. The van der Waals surface area contributed by atoms with Crippen LogP contribution >= 0.6 is 0 Å². The number of halogens is 1. The number of piperidine rings is 1. The highest BCUT2D eigenvalue weighted by molar-refractivity contribution is 5.63. The summed E-state index contributed by atoms with van der Waals surface area (Å²) in [4.78, 5) is 2.47. The van der Waals surface area contributed by atoms with Gasteiger partial charge in [0.2, 0.25) is 0 Å². The van der Waals surface area contributed by atoms with Crippen molar-refractivity contribution >= 4 is 0 Å². The summed E-state index contributed by atoms with van der Waals surface area (Å²) in [5.74, 6) is -0.135. The molecule has 136 valence electrons. The van der Waals surface area contributed by atoms with Crippen molar-refractivity contribution < 1.29 is 14.2 Å². The van der Waals surface area contributed by atoms with Crippen LogP contribution in [-0.4, -0.2) is 46.5 Å². The molecule has 5 nitrogen and oxygen atoms in total. The second-order valence-corrected chi connectivity index (χ2v) is 6.61. The Morgan fingerprint density at radius 1 is 1.40 bits per heavy atom. The van der Waals surface area contributed by atoms with E-state index in [-0.39, 0.29) is 18.2 Å². The Morgan fingerprint density at radius 3 is 3.04 bits per heavy atom. The first-order valence-electron chi connectivity index (χ1n) is 8.94. The van der Waals surface area contributed by atoms with Crippen molar-refractivity contribution in [1.29, 1.82) is 0 Å². The molecule has 3 rings (SSSR count). The number of benzene rings is 1. The topological polar surface area (TPSA) is 61.4 Å². The number of nitrogens with one attached hydrogen (secondary N) is 1. The third kappa shape index (κ3) is 4.19. The number of aliphatic hydroxyl groups is 1. The van der Waals surface area contributed by atoms with Gasteiger partial charge in [-0.2, -0.15) is 5.10 Å². The van der Waals surface area contributed by atoms with Gasteiger partial charge in [-0.1, -0.05) is 6.42 Å². The summed E-state index contributed by atoms with van der Waals surface area (Å²) in [6, 6.07) is 5.46. The first kappa shape index (κ1) is 17.9. The smallest absolute Gasteiger partial charge is 0.165 e. The van der Waals surface area contributed by atoms with Gasteiger partial charge in [0.1, 0.15) is 0 Å². The number of likely N-dealkylation sites (tertiary alicyclic amines) is 1. The Balaban J connectivity index is 1.78. The molecule has 2 heterocycles. The third-order valence-electron chi connectivity index (χ3n) is 4.98. The van der Waals surface area contributed by atoms with Gasteiger partial charge in [0.15, 0.2) is 11.6 Å². The molecule has 0 bridgehead atoms. The molecule has 0 saturated carbocycles. The van der Waals surface area contributed by atoms with Crippen LogP contribution in [-0.2, 0) is 6.54 Å². The molecule has 0 amide bonds. The van der Waals surface area contributed by atoms with Crippen molar-refractivity contribution in [3.8, 4) is 17.0 Å². The molecule has 2 aromatic rings. The number of hydrogen-bond donors (Lipinski definition) is 2. The SMILES string of the molecule is COc1ccc(-c2[nH]ncc2CN2CCCCC2CCCO)cc1F. The largest absolute Gasteiger partial charge is 0.494 e. The molecule has 0 spiro atoms. The Kier molecular flexibility index (Phi) is 6.04. The van der Waals surface area contributed by atoms with E-state index in [1.807, 2.05) is 12.3 Å². The Labute approximate surface area is 147 Å². The maximum absolute atomic E-state index is 14.0. The average molecular weight is 347 g/mol. The van der Waals surface area contributed by atoms with Crippen LogP contribution in [0.25, 0.3) is 11.3 Å². The molecular formula is C19H26FN3O2. The van der Waals surface area contributed by atoms with Gasteiger partial charge in [-0.15, -0.1) is 0 Å². The van der Waals surface area contributed by atoms with E-state index >= 15 is 0 Å². The van der Waals surface area contributed by atoms with Gasteiger partial charge in [0, 0.05) is 30.3 Å². The van der Waals surface area contributed by atoms with Crippen LogP contribution in [0.3, 0.4) is 0 Å². The first-order valence-corrected chi connectivity index (χ1v) is 8.94. The highest BCUT2D eigenvalue weighted by Crippen LogP contribution is 2.29. The van der Waals surface area contributed by atoms with Gasteiger partial charge < -0.3 is 9.84 Å². The van der Waals surface area contributed by atoms with Crippen molar-refractivity contribution in [3.05, 3.63) is 35.8 Å². The maximum Gasteiger partial charge on any atom is 0.165 e. The number of aliphatic hydroxyl groups excluding tert-OH is 1. The standard InChI is InChI=1S/C19H26FN3O2/c1-25-18-8-7-14(11-17(18)20)19-15(12-21-22-19)13-23-9-3-2-5-16(23)6-4-10-24/h7-8,11-12,16,24H,2-6,9-10,13H2,1H3,(H,21,22). The molecule has 1 atom stereocenters. The number of ether oxygens (including phenoxy) is 1. The van der Waals surface area contributed by atoms with Crippen LogP contribution in [0, 0.1) is 5.82 Å². The van der Waals surface area contributed by atoms with Crippen LogP contribution in [0.2, 0.25) is 0 Å². The number of nitrogens with zero attached hydrogens (tertiary/aromatic N) is 2. The lowest BCUT2D eigenvalue weighted by Gasteiger charge is -2.35. The fourth-order valence-electron chi connectivity index (χ4n) is 3.64. The lowest BCUT2D eigenvalue weighted by Crippen LogP contribution is -2.39. The van der Waals surface area contributed by atoms with E-state index in [4.69, 9.17) is 9.84 Å². The Bertz CT molecular complexity index is 689. The zero-order valence-electron chi connectivity index (χ0n) is 14.7. The molecule has 1 aliphatic heterocycles. The van der Waals surface area contributed by atoms with E-state index in [0.717, 1.165) is 42.8 Å². The molecule has 2 N–H and O–H groups in total. The summed E-state index contributed by atoms with van der Waals surface area (Å²) in [6.07, 6.45) is 7.29. The van der Waals surface area contributed by atoms with Crippen molar-refractivity contribution in [2.45, 2.75) is 44.7 Å². The molecule has 0 aliphatic carbocycles. The minimum Gasteiger partial charge on any atom is -0.494 e. The van der Waals surface area contributed by atoms with Crippen LogP contribution in [0.4, 0.5) is 4.39 Å². The van der Waals surface area contributed by atoms with Crippen LogP contribution in [0.5, 0.6) is 5.75 Å². The minimum absolute atomic E-state index is 0.241. The molecule has 1 fully saturated rings. The van der Waals surface area contributed by atoms with Crippen molar-refractivity contribution in [1.82, 2.24) is 15.1 Å². The predicted molar refractivity (Wildman–Crippen MR) is 94.9 cm³/mol. The number of methoxy groups -OCH3 is 1. The van der Waals surface area contributed by atoms with E-state index in [2.05, 4.69) is 15.1 Å². The van der Waals surface area contributed by atoms with Crippen molar-refractivity contribution in [2.75, 3.05) is 20.3 Å². The second-order valence-electron chi connectivity index (χ2n) is 6.61. The van der Waals surface area contributed by atoms with E-state index in [9.17, 15) is 4.39 Å². The fraction of sp³-hybridized carbons (Fsp3) is 0.526. The summed E-state index contributed by atoms with van der Waals surface area (Å²) in [7, 11) is 1.46. The number of aromatic amines is 1. The van der Waals surface area contributed by atoms with Gasteiger partial charge in [-0.05, 0) is 50.4 Å². The zero-order chi connectivity index (χ0) is 17.6. The predicted octanol–water partition coefficient (Wildman–Crippen LogP) is 3.35. The van der Waals surface area contributed by atoms with E-state index in [0.29, 0.717) is 6.04 Å². The second kappa shape index (κ2) is 8.45. The molecule has 0 radical (unpaired) electrons. The Morgan fingerprint density at radius 2 is 2.28 bits per heavy atom. The molecule has 1 aromatic carbocycles. The van der Waals surface area contributed by atoms with E-state index < -0.39 is 0 Å². The first-order chi connectivity index (χ1) is 12.2. The highest BCUT2D eigenvalue weighted by atomic mass is 19.1. The average Bonchev–Trinajstić information content (AvgIpc) is 3.09. The zero-order valence-corrected chi connectivity index (χ0v) is 14.7. The quantitative estimate of drug-likeness (QED) is 0.806. The van der Waals surface area contributed by atoms with E-state index in [1.54, 1.807) is 6.07 Å². The number of hydrogen-bond acceptors (Lipinski definition) is 4. The molecule has 1 aliphatic rings. The maximum atomic E-state index is 14.0. The number of aromatic nitrogens is 2. The molecule has 25 heavy (non-hydrogen) atoms. The van der Waals surface area contributed by atoms with Crippen LogP contribution in [0.1, 0.15) is 37.7 Å². The van der Waals surface area contributed by atoms with Gasteiger partial charge in [0.25, 0.3) is 0 Å². The molecular weight excluding hydrogens is 321 g/mol. The molecule has 1 unspecified atom stereocenters. The number of H-pyrrole nitrogens is 1. The third-order valence-corrected chi connectivity index (χ3v) is 4.98. The van der Waals surface area contributed by atoms with E-state index in [1.165, 1.54) is 32.4 Å². The monoisotopic (exact) mass is 347 g/mol. The minimum atomic E-state index is -0.376. The fourth-order valence-corrected chi connectivity index (χ4v) is 3.64. The molecule has 1 aromatic heterocycles. The van der Waals surface area contributed by atoms with Gasteiger partial charge in [-0.25, -0.2) is 4.39 Å². The van der Waals surface area contributed by atoms with Gasteiger partial charge >= 0.3 is 0 Å². The summed E-state index contributed by atoms with van der Waals surface area (Å²) in [5, 5.41) is 16.3. The van der Waals surface area contributed by atoms with Crippen LogP contribution in [0.15, 0.2) is 24.4 Å². The summed E-state index contributed by atoms with van der Waals surface area (Å²) < 4.78 is 19.0. The highest BCUT2D eigenvalue weighted by Gasteiger charge is 2.23. The molecule has 6 heteroatoms. The molecule has 1 saturated heterocycles. The normalized spacial score (nSPS) is 18.4. The van der Waals surface area contributed by atoms with Gasteiger partial charge in [-0.3, -0.25) is 10.00 Å². The summed E-state index contributed by atoms with van der Waals surface area (Å²) >= 11 is 0. The van der Waals surface area contributed by atoms with Crippen LogP contribution < -0.4 is 4.74 Å².